The quantitative estimate of drug-likeness (QED) is 0.891. The van der Waals surface area contributed by atoms with Crippen molar-refractivity contribution in [2.45, 2.75) is 32.2 Å². The number of nitrogens with zero attached hydrogens (tertiary/aromatic N) is 1. The second-order valence-electron chi connectivity index (χ2n) is 4.11. The lowest BCUT2D eigenvalue weighted by atomic mass is 10.0. The number of halogens is 3. The van der Waals surface area contributed by atoms with Crippen molar-refractivity contribution >= 4 is 11.3 Å². The number of hydrogen-bond donors (Lipinski definition) is 1. The maximum absolute atomic E-state index is 11.9. The van der Waals surface area contributed by atoms with Crippen molar-refractivity contribution in [1.29, 1.82) is 0 Å². The molecule has 1 aromatic rings. The van der Waals surface area contributed by atoms with Crippen molar-refractivity contribution in [3.8, 4) is 0 Å². The molecule has 0 unspecified atom stereocenters. The summed E-state index contributed by atoms with van der Waals surface area (Å²) in [5.74, 6) is 0. The van der Waals surface area contributed by atoms with Gasteiger partial charge in [0.05, 0.1) is 17.8 Å². The van der Waals surface area contributed by atoms with Gasteiger partial charge in [-0.25, -0.2) is 4.98 Å². The molecule has 1 rings (SSSR count). The molecule has 0 spiro atoms. The lowest BCUT2D eigenvalue weighted by molar-refractivity contribution is -0.176. The highest BCUT2D eigenvalue weighted by molar-refractivity contribution is 7.09. The van der Waals surface area contributed by atoms with Gasteiger partial charge in [-0.1, -0.05) is 0 Å². The summed E-state index contributed by atoms with van der Waals surface area (Å²) in [5, 5.41) is 5.45. The maximum Gasteiger partial charge on any atom is 0.411 e. The van der Waals surface area contributed by atoms with E-state index in [1.54, 1.807) is 7.05 Å². The smallest absolute Gasteiger partial charge is 0.365 e. The highest BCUT2D eigenvalue weighted by Gasteiger charge is 2.27. The van der Waals surface area contributed by atoms with Gasteiger partial charge in [-0.2, -0.15) is 13.2 Å². The molecule has 0 aliphatic rings. The Morgan fingerprint density at radius 1 is 1.41 bits per heavy atom. The third-order valence-electron chi connectivity index (χ3n) is 2.31. The summed E-state index contributed by atoms with van der Waals surface area (Å²) >= 11 is 1.30. The molecule has 0 radical (unpaired) electrons. The van der Waals surface area contributed by atoms with Gasteiger partial charge in [0, 0.05) is 5.38 Å². The Balaban J connectivity index is 2.52. The molecule has 3 nitrogen and oxygen atoms in total. The van der Waals surface area contributed by atoms with E-state index in [0.717, 1.165) is 5.69 Å². The number of rotatable bonds is 5. The summed E-state index contributed by atoms with van der Waals surface area (Å²) in [6, 6.07) is 0. The van der Waals surface area contributed by atoms with Crippen LogP contribution in [0.25, 0.3) is 0 Å². The first-order chi connectivity index (χ1) is 7.74. The van der Waals surface area contributed by atoms with E-state index < -0.39 is 12.8 Å². The monoisotopic (exact) mass is 268 g/mol. The minimum atomic E-state index is -4.29. The standard InChI is InChI=1S/C10H15F3N2OS/c1-9(2,14-3)7-5-17-8(15-7)4-16-6-10(11,12)13/h5,14H,4,6H2,1-3H3. The summed E-state index contributed by atoms with van der Waals surface area (Å²) in [6.45, 7) is 2.55. The van der Waals surface area contributed by atoms with Crippen LogP contribution in [-0.4, -0.2) is 24.8 Å². The topological polar surface area (TPSA) is 34.1 Å². The van der Waals surface area contributed by atoms with Crippen molar-refractivity contribution in [1.82, 2.24) is 10.3 Å². The van der Waals surface area contributed by atoms with Gasteiger partial charge < -0.3 is 10.1 Å². The molecule has 0 saturated heterocycles. The number of alkyl halides is 3. The van der Waals surface area contributed by atoms with E-state index in [2.05, 4.69) is 15.0 Å². The normalized spacial score (nSPS) is 13.1. The van der Waals surface area contributed by atoms with Crippen LogP contribution in [0.5, 0.6) is 0 Å². The fraction of sp³-hybridized carbons (Fsp3) is 0.700. The third kappa shape index (κ3) is 4.61. The lowest BCUT2D eigenvalue weighted by Gasteiger charge is -2.21. The van der Waals surface area contributed by atoms with Crippen molar-refractivity contribution in [2.75, 3.05) is 13.7 Å². The van der Waals surface area contributed by atoms with Crippen molar-refractivity contribution in [2.24, 2.45) is 0 Å². The Kier molecular flexibility index (Phi) is 4.51. The molecule has 0 bridgehead atoms. The Bertz CT molecular complexity index is 363. The summed E-state index contributed by atoms with van der Waals surface area (Å²) < 4.78 is 40.1. The second kappa shape index (κ2) is 5.32. The molecule has 0 aliphatic heterocycles. The zero-order valence-electron chi connectivity index (χ0n) is 9.89. The van der Waals surface area contributed by atoms with Crippen LogP contribution < -0.4 is 5.32 Å². The Morgan fingerprint density at radius 2 is 2.06 bits per heavy atom. The highest BCUT2D eigenvalue weighted by atomic mass is 32.1. The molecule has 7 heteroatoms. The van der Waals surface area contributed by atoms with Crippen LogP contribution in [0.3, 0.4) is 0 Å². The Labute approximate surface area is 102 Å². The van der Waals surface area contributed by atoms with Gasteiger partial charge in [-0.05, 0) is 20.9 Å². The molecule has 0 saturated carbocycles. The van der Waals surface area contributed by atoms with Crippen LogP contribution in [0.4, 0.5) is 13.2 Å². The molecule has 1 heterocycles. The largest absolute Gasteiger partial charge is 0.411 e. The van der Waals surface area contributed by atoms with Gasteiger partial charge in [0.2, 0.25) is 0 Å². The SMILES string of the molecule is CNC(C)(C)c1csc(COCC(F)(F)F)n1. The van der Waals surface area contributed by atoms with Crippen LogP contribution >= 0.6 is 11.3 Å². The lowest BCUT2D eigenvalue weighted by Crippen LogP contribution is -2.33. The molecule has 1 aromatic heterocycles. The van der Waals surface area contributed by atoms with Crippen LogP contribution in [0.2, 0.25) is 0 Å². The summed E-state index contributed by atoms with van der Waals surface area (Å²) in [5.41, 5.74) is 0.509. The average Bonchev–Trinajstić information content (AvgIpc) is 2.65. The zero-order valence-corrected chi connectivity index (χ0v) is 10.7. The van der Waals surface area contributed by atoms with Crippen molar-refractivity contribution in [3.63, 3.8) is 0 Å². The van der Waals surface area contributed by atoms with Crippen LogP contribution in [0.1, 0.15) is 24.5 Å². The van der Waals surface area contributed by atoms with E-state index in [4.69, 9.17) is 0 Å². The van der Waals surface area contributed by atoms with Gasteiger partial charge in [0.15, 0.2) is 0 Å². The molecule has 0 amide bonds. The van der Waals surface area contributed by atoms with Gasteiger partial charge in [-0.15, -0.1) is 11.3 Å². The summed E-state index contributed by atoms with van der Waals surface area (Å²) in [7, 11) is 1.80. The van der Waals surface area contributed by atoms with E-state index in [9.17, 15) is 13.2 Å². The van der Waals surface area contributed by atoms with Gasteiger partial charge in [-0.3, -0.25) is 0 Å². The fourth-order valence-electron chi connectivity index (χ4n) is 1.05. The molecule has 0 aromatic carbocycles. The first kappa shape index (κ1) is 14.4. The van der Waals surface area contributed by atoms with E-state index in [1.807, 2.05) is 19.2 Å². The Morgan fingerprint density at radius 3 is 2.59 bits per heavy atom. The first-order valence-corrected chi connectivity index (χ1v) is 5.91. The molecule has 0 fully saturated rings. The van der Waals surface area contributed by atoms with E-state index in [1.165, 1.54) is 11.3 Å². The maximum atomic E-state index is 11.9. The average molecular weight is 268 g/mol. The third-order valence-corrected chi connectivity index (χ3v) is 3.13. The van der Waals surface area contributed by atoms with Crippen molar-refractivity contribution in [3.05, 3.63) is 16.1 Å². The number of nitrogens with one attached hydrogen (secondary N) is 1. The second-order valence-corrected chi connectivity index (χ2v) is 5.05. The predicted molar refractivity (Wildman–Crippen MR) is 59.9 cm³/mol. The molecule has 0 aliphatic carbocycles. The molecule has 0 atom stereocenters. The highest BCUT2D eigenvalue weighted by Crippen LogP contribution is 2.22. The molecule has 1 N–H and O–H groups in total. The van der Waals surface area contributed by atoms with E-state index >= 15 is 0 Å². The van der Waals surface area contributed by atoms with Crippen LogP contribution in [-0.2, 0) is 16.9 Å². The summed E-state index contributed by atoms with van der Waals surface area (Å²) in [4.78, 5) is 4.24. The van der Waals surface area contributed by atoms with Gasteiger partial charge in [0.25, 0.3) is 0 Å². The number of thiazole rings is 1. The van der Waals surface area contributed by atoms with E-state index in [0.29, 0.717) is 5.01 Å². The van der Waals surface area contributed by atoms with Gasteiger partial charge in [0.1, 0.15) is 11.6 Å². The van der Waals surface area contributed by atoms with Crippen LogP contribution in [0.15, 0.2) is 5.38 Å². The molecular weight excluding hydrogens is 253 g/mol. The summed E-state index contributed by atoms with van der Waals surface area (Å²) in [6.07, 6.45) is -4.29. The minimum absolute atomic E-state index is 0.107. The fourth-order valence-corrected chi connectivity index (χ4v) is 1.94. The number of aromatic nitrogens is 1. The minimum Gasteiger partial charge on any atom is -0.365 e. The van der Waals surface area contributed by atoms with Crippen LogP contribution in [0, 0.1) is 0 Å². The Hall–Kier alpha value is -0.660. The zero-order chi connectivity index (χ0) is 13.1. The van der Waals surface area contributed by atoms with E-state index in [-0.39, 0.29) is 12.1 Å². The number of ether oxygens (including phenoxy) is 1. The first-order valence-electron chi connectivity index (χ1n) is 5.03. The molecule has 17 heavy (non-hydrogen) atoms. The molecule has 98 valence electrons. The molecular formula is C10H15F3N2OS. The van der Waals surface area contributed by atoms with Crippen molar-refractivity contribution < 1.29 is 17.9 Å². The predicted octanol–water partition coefficient (Wildman–Crippen LogP) is 2.68. The number of hydrogen-bond acceptors (Lipinski definition) is 4. The van der Waals surface area contributed by atoms with Gasteiger partial charge >= 0.3 is 6.18 Å².